The average Bonchev–Trinajstić information content (AvgIpc) is 2.94. The molecule has 4 nitrogen and oxygen atoms in total. The van der Waals surface area contributed by atoms with Gasteiger partial charge in [0.15, 0.2) is 0 Å². The van der Waals surface area contributed by atoms with E-state index in [9.17, 15) is 0 Å². The van der Waals surface area contributed by atoms with Crippen molar-refractivity contribution < 1.29 is 4.74 Å². The third kappa shape index (κ3) is 2.33. The van der Waals surface area contributed by atoms with E-state index < -0.39 is 0 Å². The minimum atomic E-state index is 0.798. The number of rotatable bonds is 3. The Morgan fingerprint density at radius 1 is 1.16 bits per heavy atom. The monoisotopic (exact) mass is 251 g/mol. The van der Waals surface area contributed by atoms with E-state index in [1.54, 1.807) is 19.5 Å². The second-order valence-electron chi connectivity index (χ2n) is 4.08. The molecule has 0 saturated carbocycles. The number of aliphatic imine (C=N–C) groups is 1. The number of ether oxygens (including phenoxy) is 1. The van der Waals surface area contributed by atoms with E-state index in [1.807, 2.05) is 53.0 Å². The zero-order valence-corrected chi connectivity index (χ0v) is 10.5. The molecule has 0 atom stereocenters. The number of benzene rings is 1. The Kier molecular flexibility index (Phi) is 2.98. The average molecular weight is 251 g/mol. The van der Waals surface area contributed by atoms with E-state index in [4.69, 9.17) is 4.74 Å². The first-order valence-corrected chi connectivity index (χ1v) is 5.98. The molecule has 4 heteroatoms. The number of nitrogens with zero attached hydrogens (tertiary/aromatic N) is 3. The van der Waals surface area contributed by atoms with Crippen LogP contribution in [0.1, 0.15) is 5.69 Å². The van der Waals surface area contributed by atoms with E-state index in [2.05, 4.69) is 10.1 Å². The molecule has 0 bridgehead atoms. The van der Waals surface area contributed by atoms with E-state index in [0.29, 0.717) is 0 Å². The summed E-state index contributed by atoms with van der Waals surface area (Å²) < 4.78 is 7.02. The molecule has 0 aliphatic rings. The molecule has 2 heterocycles. The zero-order chi connectivity index (χ0) is 13.1. The van der Waals surface area contributed by atoms with E-state index in [-0.39, 0.29) is 0 Å². The fraction of sp³-hybridized carbons (Fsp3) is 0.0667. The molecule has 0 aliphatic heterocycles. The molecule has 0 unspecified atom stereocenters. The first kappa shape index (κ1) is 11.5. The van der Waals surface area contributed by atoms with E-state index in [0.717, 1.165) is 22.6 Å². The summed E-state index contributed by atoms with van der Waals surface area (Å²) in [6.07, 6.45) is 3.58. The van der Waals surface area contributed by atoms with Gasteiger partial charge in [0.05, 0.1) is 36.4 Å². The van der Waals surface area contributed by atoms with Gasteiger partial charge in [0, 0.05) is 6.07 Å². The van der Waals surface area contributed by atoms with Gasteiger partial charge in [-0.1, -0.05) is 12.1 Å². The summed E-state index contributed by atoms with van der Waals surface area (Å²) in [5.41, 5.74) is 2.84. The maximum absolute atomic E-state index is 5.17. The van der Waals surface area contributed by atoms with Crippen molar-refractivity contribution in [3.63, 3.8) is 0 Å². The first-order valence-electron chi connectivity index (χ1n) is 5.98. The van der Waals surface area contributed by atoms with Crippen molar-refractivity contribution in [2.45, 2.75) is 0 Å². The van der Waals surface area contributed by atoms with Crippen LogP contribution in [0.5, 0.6) is 5.75 Å². The van der Waals surface area contributed by atoms with Gasteiger partial charge in [0.2, 0.25) is 0 Å². The number of aromatic nitrogens is 2. The summed E-state index contributed by atoms with van der Waals surface area (Å²) in [5, 5.41) is 4.27. The highest BCUT2D eigenvalue weighted by Crippen LogP contribution is 2.19. The van der Waals surface area contributed by atoms with Gasteiger partial charge < -0.3 is 4.74 Å². The molecule has 0 N–H and O–H groups in total. The minimum Gasteiger partial charge on any atom is -0.497 e. The van der Waals surface area contributed by atoms with Crippen LogP contribution in [0.15, 0.2) is 59.7 Å². The Labute approximate surface area is 111 Å². The summed E-state index contributed by atoms with van der Waals surface area (Å²) in [7, 11) is 1.65. The molecule has 1 aromatic carbocycles. The van der Waals surface area contributed by atoms with E-state index in [1.165, 1.54) is 0 Å². The van der Waals surface area contributed by atoms with Gasteiger partial charge in [-0.3, -0.25) is 4.99 Å². The molecule has 0 radical (unpaired) electrons. The topological polar surface area (TPSA) is 38.9 Å². The molecule has 3 rings (SSSR count). The Hall–Kier alpha value is -2.62. The summed E-state index contributed by atoms with van der Waals surface area (Å²) in [4.78, 5) is 4.45. The number of pyridine rings is 1. The Balaban J connectivity index is 1.95. The lowest BCUT2D eigenvalue weighted by atomic mass is 10.3. The third-order valence-corrected chi connectivity index (χ3v) is 2.85. The number of fused-ring (bicyclic) bond motifs is 1. The van der Waals surface area contributed by atoms with Gasteiger partial charge in [-0.2, -0.15) is 5.10 Å². The predicted octanol–water partition coefficient (Wildman–Crippen LogP) is 3.09. The van der Waals surface area contributed by atoms with Gasteiger partial charge in [-0.15, -0.1) is 0 Å². The lowest BCUT2D eigenvalue weighted by molar-refractivity contribution is 0.415. The maximum atomic E-state index is 5.17. The summed E-state index contributed by atoms with van der Waals surface area (Å²) in [5.74, 6) is 0.798. The molecule has 94 valence electrons. The number of hydrogen-bond acceptors (Lipinski definition) is 3. The standard InChI is InChI=1S/C15H13N3O/c1-19-15-7-2-4-12(10-15)16-11-14-6-3-5-13-8-9-17-18(13)14/h2-11H,1H3/b16-11+. The van der Waals surface area contributed by atoms with E-state index >= 15 is 0 Å². The van der Waals surface area contributed by atoms with Crippen LogP contribution in [0.2, 0.25) is 0 Å². The normalized spacial score (nSPS) is 11.2. The van der Waals surface area contributed by atoms with Crippen LogP contribution in [-0.4, -0.2) is 22.9 Å². The largest absolute Gasteiger partial charge is 0.497 e. The fourth-order valence-corrected chi connectivity index (χ4v) is 1.90. The highest BCUT2D eigenvalue weighted by Gasteiger charge is 1.98. The van der Waals surface area contributed by atoms with Crippen molar-refractivity contribution >= 4 is 17.4 Å². The van der Waals surface area contributed by atoms with Crippen molar-refractivity contribution in [2.75, 3.05) is 7.11 Å². The molecular weight excluding hydrogens is 238 g/mol. The molecule has 19 heavy (non-hydrogen) atoms. The van der Waals surface area contributed by atoms with Crippen LogP contribution in [0.25, 0.3) is 5.52 Å². The smallest absolute Gasteiger partial charge is 0.121 e. The van der Waals surface area contributed by atoms with Crippen molar-refractivity contribution in [1.29, 1.82) is 0 Å². The highest BCUT2D eigenvalue weighted by molar-refractivity contribution is 5.81. The molecule has 3 aromatic rings. The van der Waals surface area contributed by atoms with Gasteiger partial charge in [-0.25, -0.2) is 4.52 Å². The summed E-state index contributed by atoms with van der Waals surface area (Å²) >= 11 is 0. The van der Waals surface area contributed by atoms with Gasteiger partial charge in [0.1, 0.15) is 5.75 Å². The zero-order valence-electron chi connectivity index (χ0n) is 10.5. The summed E-state index contributed by atoms with van der Waals surface area (Å²) in [6.45, 7) is 0. The Morgan fingerprint density at radius 3 is 2.95 bits per heavy atom. The Bertz CT molecular complexity index is 731. The second kappa shape index (κ2) is 4.94. The Morgan fingerprint density at radius 2 is 2.05 bits per heavy atom. The molecule has 0 saturated heterocycles. The summed E-state index contributed by atoms with van der Waals surface area (Å²) in [6, 6.07) is 15.6. The van der Waals surface area contributed by atoms with Crippen molar-refractivity contribution in [3.05, 3.63) is 60.4 Å². The van der Waals surface area contributed by atoms with Gasteiger partial charge >= 0.3 is 0 Å². The molecule has 2 aromatic heterocycles. The predicted molar refractivity (Wildman–Crippen MR) is 75.4 cm³/mol. The van der Waals surface area contributed by atoms with Crippen LogP contribution in [0.3, 0.4) is 0 Å². The number of hydrogen-bond donors (Lipinski definition) is 0. The van der Waals surface area contributed by atoms with Crippen LogP contribution in [0, 0.1) is 0 Å². The SMILES string of the molecule is COc1cccc(/N=C/c2cccc3ccnn23)c1. The first-order chi connectivity index (χ1) is 9.36. The lowest BCUT2D eigenvalue weighted by Crippen LogP contribution is -1.95. The van der Waals surface area contributed by atoms with Crippen molar-refractivity contribution in [2.24, 2.45) is 4.99 Å². The lowest BCUT2D eigenvalue weighted by Gasteiger charge is -2.01. The van der Waals surface area contributed by atoms with Crippen LogP contribution < -0.4 is 4.74 Å². The van der Waals surface area contributed by atoms with Gasteiger partial charge in [-0.05, 0) is 30.3 Å². The molecule has 0 fully saturated rings. The molecule has 0 aliphatic carbocycles. The van der Waals surface area contributed by atoms with Crippen molar-refractivity contribution in [3.8, 4) is 5.75 Å². The van der Waals surface area contributed by atoms with Gasteiger partial charge in [0.25, 0.3) is 0 Å². The highest BCUT2D eigenvalue weighted by atomic mass is 16.5. The minimum absolute atomic E-state index is 0.798. The molecule has 0 amide bonds. The van der Waals surface area contributed by atoms with Crippen molar-refractivity contribution in [1.82, 2.24) is 9.61 Å². The molecular formula is C15H13N3O. The maximum Gasteiger partial charge on any atom is 0.121 e. The molecule has 0 spiro atoms. The van der Waals surface area contributed by atoms with Crippen LogP contribution >= 0.6 is 0 Å². The van der Waals surface area contributed by atoms with Crippen LogP contribution in [0.4, 0.5) is 5.69 Å². The van der Waals surface area contributed by atoms with Crippen LogP contribution in [-0.2, 0) is 0 Å². The number of methoxy groups -OCH3 is 1. The third-order valence-electron chi connectivity index (χ3n) is 2.85. The second-order valence-corrected chi connectivity index (χ2v) is 4.08. The quantitative estimate of drug-likeness (QED) is 0.671. The fourth-order valence-electron chi connectivity index (χ4n) is 1.90.